The molecule has 5 nitrogen and oxygen atoms in total. The Kier molecular flexibility index (Phi) is 6.13. The van der Waals surface area contributed by atoms with Gasteiger partial charge in [0.2, 0.25) is 5.91 Å². The maximum atomic E-state index is 12.8. The first-order chi connectivity index (χ1) is 12.2. The van der Waals surface area contributed by atoms with Crippen LogP contribution in [0.1, 0.15) is 51.5 Å². The Hall–Kier alpha value is -1.82. The molecule has 1 aromatic carbocycles. The summed E-state index contributed by atoms with van der Waals surface area (Å²) in [5.74, 6) is 0.303. The molecule has 1 amide bonds. The zero-order chi connectivity index (χ0) is 17.6. The lowest BCUT2D eigenvalue weighted by Gasteiger charge is -2.12. The van der Waals surface area contributed by atoms with E-state index >= 15 is 0 Å². The number of aromatic nitrogens is 2. The van der Waals surface area contributed by atoms with Crippen LogP contribution in [0.4, 0.5) is 0 Å². The molecule has 3 rings (SSSR count). The normalized spacial score (nSPS) is 14.0. The maximum absolute atomic E-state index is 12.8. The largest absolute Gasteiger partial charge is 0.355 e. The Morgan fingerprint density at radius 1 is 1.28 bits per heavy atom. The molecule has 134 valence electrons. The van der Waals surface area contributed by atoms with Gasteiger partial charge in [0, 0.05) is 12.6 Å². The number of carbonyl (C=O) groups excluding carboxylic acids is 1. The third-order valence-electron chi connectivity index (χ3n) is 4.37. The van der Waals surface area contributed by atoms with Crippen molar-refractivity contribution in [1.29, 1.82) is 0 Å². The fourth-order valence-corrected chi connectivity index (χ4v) is 3.74. The first kappa shape index (κ1) is 18.0. The number of unbranched alkanes of at least 4 members (excludes halogenated alkanes) is 3. The molecule has 0 atom stereocenters. The Balaban J connectivity index is 1.66. The molecule has 1 fully saturated rings. The van der Waals surface area contributed by atoms with Crippen molar-refractivity contribution in [1.82, 2.24) is 14.9 Å². The summed E-state index contributed by atoms with van der Waals surface area (Å²) in [7, 11) is 0. The summed E-state index contributed by atoms with van der Waals surface area (Å²) in [6.07, 6.45) is 6.59. The van der Waals surface area contributed by atoms with Crippen LogP contribution in [-0.4, -0.2) is 27.8 Å². The molecular formula is C19H25N3O2S. The number of rotatable bonds is 9. The maximum Gasteiger partial charge on any atom is 0.262 e. The topological polar surface area (TPSA) is 64.0 Å². The second-order valence-corrected chi connectivity index (χ2v) is 7.46. The molecule has 0 bridgehead atoms. The van der Waals surface area contributed by atoms with Crippen LogP contribution >= 0.6 is 11.8 Å². The van der Waals surface area contributed by atoms with Gasteiger partial charge in [-0.25, -0.2) is 4.98 Å². The number of carbonyl (C=O) groups is 1. The molecule has 0 saturated heterocycles. The van der Waals surface area contributed by atoms with Gasteiger partial charge in [-0.15, -0.1) is 0 Å². The van der Waals surface area contributed by atoms with Gasteiger partial charge in [0.1, 0.15) is 0 Å². The van der Waals surface area contributed by atoms with Gasteiger partial charge >= 0.3 is 0 Å². The highest BCUT2D eigenvalue weighted by Gasteiger charge is 2.28. The van der Waals surface area contributed by atoms with Gasteiger partial charge in [0.05, 0.1) is 16.7 Å². The third-order valence-corrected chi connectivity index (χ3v) is 5.33. The van der Waals surface area contributed by atoms with Crippen molar-refractivity contribution >= 4 is 28.6 Å². The van der Waals surface area contributed by atoms with Crippen molar-refractivity contribution < 1.29 is 4.79 Å². The zero-order valence-corrected chi connectivity index (χ0v) is 15.5. The molecule has 1 aliphatic carbocycles. The van der Waals surface area contributed by atoms with Crippen LogP contribution < -0.4 is 10.9 Å². The Morgan fingerprint density at radius 2 is 2.08 bits per heavy atom. The number of hydrogen-bond acceptors (Lipinski definition) is 4. The predicted molar refractivity (Wildman–Crippen MR) is 102 cm³/mol. The number of hydrogen-bond donors (Lipinski definition) is 1. The van der Waals surface area contributed by atoms with Crippen LogP contribution in [0.25, 0.3) is 10.9 Å². The minimum atomic E-state index is 0.00579. The van der Waals surface area contributed by atoms with E-state index in [9.17, 15) is 9.59 Å². The highest BCUT2D eigenvalue weighted by molar-refractivity contribution is 7.99. The van der Waals surface area contributed by atoms with Crippen molar-refractivity contribution in [3.05, 3.63) is 34.6 Å². The lowest BCUT2D eigenvalue weighted by atomic mass is 10.2. The second kappa shape index (κ2) is 8.52. The fourth-order valence-electron chi connectivity index (χ4n) is 2.84. The van der Waals surface area contributed by atoms with Gasteiger partial charge < -0.3 is 5.32 Å². The van der Waals surface area contributed by atoms with Gasteiger partial charge in [-0.2, -0.15) is 0 Å². The van der Waals surface area contributed by atoms with Crippen molar-refractivity contribution in [2.75, 3.05) is 12.3 Å². The Labute approximate surface area is 152 Å². The fraction of sp³-hybridized carbons (Fsp3) is 0.526. The van der Waals surface area contributed by atoms with E-state index in [-0.39, 0.29) is 17.5 Å². The SMILES string of the molecule is CCCCCCNC(=O)CSc1nc2ccccc2c(=O)n1C1CC1. The molecule has 25 heavy (non-hydrogen) atoms. The van der Waals surface area contributed by atoms with Gasteiger partial charge in [0.15, 0.2) is 5.16 Å². The number of thioether (sulfide) groups is 1. The van der Waals surface area contributed by atoms with Gasteiger partial charge in [-0.1, -0.05) is 50.1 Å². The highest BCUT2D eigenvalue weighted by atomic mass is 32.2. The third kappa shape index (κ3) is 4.63. The summed E-state index contributed by atoms with van der Waals surface area (Å²) in [5, 5.41) is 4.26. The van der Waals surface area contributed by atoms with Crippen LogP contribution in [0.2, 0.25) is 0 Å². The van der Waals surface area contributed by atoms with Crippen molar-refractivity contribution in [2.24, 2.45) is 0 Å². The van der Waals surface area contributed by atoms with E-state index in [1.54, 1.807) is 4.57 Å². The lowest BCUT2D eigenvalue weighted by Crippen LogP contribution is -2.27. The number of nitrogens with one attached hydrogen (secondary N) is 1. The summed E-state index contributed by atoms with van der Waals surface area (Å²) in [5.41, 5.74) is 0.711. The molecule has 0 aliphatic heterocycles. The smallest absolute Gasteiger partial charge is 0.262 e. The molecule has 0 unspecified atom stereocenters. The first-order valence-electron chi connectivity index (χ1n) is 9.11. The molecule has 6 heteroatoms. The summed E-state index contributed by atoms with van der Waals surface area (Å²) in [6, 6.07) is 7.66. The lowest BCUT2D eigenvalue weighted by molar-refractivity contribution is -0.118. The Bertz CT molecular complexity index is 799. The van der Waals surface area contributed by atoms with E-state index in [1.807, 2.05) is 24.3 Å². The number of benzene rings is 1. The summed E-state index contributed by atoms with van der Waals surface area (Å²) in [4.78, 5) is 29.4. The van der Waals surface area contributed by atoms with Gasteiger partial charge in [0.25, 0.3) is 5.56 Å². The molecule has 1 aliphatic rings. The predicted octanol–water partition coefficient (Wildman–Crippen LogP) is 3.52. The van der Waals surface area contributed by atoms with Crippen LogP contribution in [-0.2, 0) is 4.79 Å². The van der Waals surface area contributed by atoms with E-state index in [4.69, 9.17) is 0 Å². The quantitative estimate of drug-likeness (QED) is 0.423. The minimum absolute atomic E-state index is 0.00579. The van der Waals surface area contributed by atoms with Crippen molar-refractivity contribution in [3.63, 3.8) is 0 Å². The van der Waals surface area contributed by atoms with E-state index in [0.29, 0.717) is 21.8 Å². The molecular weight excluding hydrogens is 334 g/mol. The average molecular weight is 359 g/mol. The molecule has 0 radical (unpaired) electrons. The van der Waals surface area contributed by atoms with Crippen LogP contribution in [0.5, 0.6) is 0 Å². The number of amides is 1. The number of para-hydroxylation sites is 1. The molecule has 1 N–H and O–H groups in total. The molecule has 1 heterocycles. The Morgan fingerprint density at radius 3 is 2.84 bits per heavy atom. The van der Waals surface area contributed by atoms with Crippen LogP contribution in [0.15, 0.2) is 34.2 Å². The monoisotopic (exact) mass is 359 g/mol. The van der Waals surface area contributed by atoms with Crippen molar-refractivity contribution in [3.8, 4) is 0 Å². The van der Waals surface area contributed by atoms with E-state index in [0.717, 1.165) is 32.2 Å². The molecule has 0 spiro atoms. The number of fused-ring (bicyclic) bond motifs is 1. The average Bonchev–Trinajstić information content (AvgIpc) is 3.45. The molecule has 1 saturated carbocycles. The zero-order valence-electron chi connectivity index (χ0n) is 14.7. The number of nitrogens with zero attached hydrogens (tertiary/aromatic N) is 2. The van der Waals surface area contributed by atoms with E-state index in [1.165, 1.54) is 24.6 Å². The highest BCUT2D eigenvalue weighted by Crippen LogP contribution is 2.36. The van der Waals surface area contributed by atoms with Crippen LogP contribution in [0.3, 0.4) is 0 Å². The summed E-state index contributed by atoms with van der Waals surface area (Å²) < 4.78 is 1.78. The van der Waals surface area contributed by atoms with Gasteiger partial charge in [-0.05, 0) is 31.4 Å². The minimum Gasteiger partial charge on any atom is -0.355 e. The van der Waals surface area contributed by atoms with Gasteiger partial charge in [-0.3, -0.25) is 14.2 Å². The standard InChI is InChI=1S/C19H25N3O2S/c1-2-3-4-7-12-20-17(23)13-25-19-21-16-9-6-5-8-15(16)18(24)22(19)14-10-11-14/h5-6,8-9,14H,2-4,7,10-13H2,1H3,(H,20,23). The van der Waals surface area contributed by atoms with E-state index in [2.05, 4.69) is 17.2 Å². The van der Waals surface area contributed by atoms with E-state index < -0.39 is 0 Å². The molecule has 2 aromatic rings. The summed E-state index contributed by atoms with van der Waals surface area (Å²) in [6.45, 7) is 2.89. The second-order valence-electron chi connectivity index (χ2n) is 6.52. The summed E-state index contributed by atoms with van der Waals surface area (Å²) >= 11 is 1.36. The molecule has 1 aromatic heterocycles. The first-order valence-corrected chi connectivity index (χ1v) is 10.1. The van der Waals surface area contributed by atoms with Crippen LogP contribution in [0, 0.1) is 0 Å². The van der Waals surface area contributed by atoms with Crippen molar-refractivity contribution in [2.45, 2.75) is 56.6 Å².